The SMILES string of the molecule is C[C@@H]1C[C@@H](C)CN(C(=O)COC(=O)CN2C(=O)N[C@@](C)(c3ccccc3)C2=O)C1. The van der Waals surface area contributed by atoms with Crippen molar-refractivity contribution in [1.29, 1.82) is 0 Å². The molecule has 3 rings (SSSR count). The first-order valence-electron chi connectivity index (χ1n) is 9.83. The van der Waals surface area contributed by atoms with E-state index in [0.29, 0.717) is 30.5 Å². The highest BCUT2D eigenvalue weighted by molar-refractivity contribution is 6.08. The van der Waals surface area contributed by atoms with Gasteiger partial charge >= 0.3 is 12.0 Å². The molecule has 1 N–H and O–H groups in total. The fraction of sp³-hybridized carbons (Fsp3) is 0.524. The smallest absolute Gasteiger partial charge is 0.326 e. The lowest BCUT2D eigenvalue weighted by Gasteiger charge is -2.34. The number of benzene rings is 1. The average Bonchev–Trinajstić information content (AvgIpc) is 2.90. The van der Waals surface area contributed by atoms with Crippen molar-refractivity contribution in [1.82, 2.24) is 15.1 Å². The van der Waals surface area contributed by atoms with Crippen molar-refractivity contribution in [3.05, 3.63) is 35.9 Å². The Kier molecular flexibility index (Phi) is 5.91. The van der Waals surface area contributed by atoms with Gasteiger partial charge in [0.15, 0.2) is 6.61 Å². The summed E-state index contributed by atoms with van der Waals surface area (Å²) >= 11 is 0. The van der Waals surface area contributed by atoms with Gasteiger partial charge in [-0.25, -0.2) is 4.79 Å². The van der Waals surface area contributed by atoms with Gasteiger partial charge in [-0.1, -0.05) is 44.2 Å². The van der Waals surface area contributed by atoms with Crippen LogP contribution >= 0.6 is 0 Å². The van der Waals surface area contributed by atoms with Gasteiger partial charge in [0.1, 0.15) is 12.1 Å². The van der Waals surface area contributed by atoms with Crippen LogP contribution in [0.25, 0.3) is 0 Å². The van der Waals surface area contributed by atoms with E-state index in [1.807, 2.05) is 6.07 Å². The minimum atomic E-state index is -1.24. The Labute approximate surface area is 170 Å². The maximum atomic E-state index is 12.8. The van der Waals surface area contributed by atoms with Gasteiger partial charge in [0.05, 0.1) is 0 Å². The van der Waals surface area contributed by atoms with Gasteiger partial charge in [-0.2, -0.15) is 0 Å². The van der Waals surface area contributed by atoms with Crippen LogP contribution in [0.5, 0.6) is 0 Å². The first kappa shape index (κ1) is 20.8. The molecular weight excluding hydrogens is 374 g/mol. The van der Waals surface area contributed by atoms with Crippen LogP contribution in [0.2, 0.25) is 0 Å². The molecule has 2 saturated heterocycles. The zero-order valence-electron chi connectivity index (χ0n) is 17.0. The molecule has 0 bridgehead atoms. The highest BCUT2D eigenvalue weighted by atomic mass is 16.5. The minimum Gasteiger partial charge on any atom is -0.454 e. The van der Waals surface area contributed by atoms with Crippen LogP contribution in [-0.2, 0) is 24.7 Å². The van der Waals surface area contributed by atoms with E-state index in [-0.39, 0.29) is 5.91 Å². The highest BCUT2D eigenvalue weighted by Gasteiger charge is 2.49. The van der Waals surface area contributed by atoms with Gasteiger partial charge in [0.25, 0.3) is 11.8 Å². The zero-order valence-corrected chi connectivity index (χ0v) is 17.0. The van der Waals surface area contributed by atoms with E-state index in [0.717, 1.165) is 11.3 Å². The predicted octanol–water partition coefficient (Wildman–Crippen LogP) is 1.50. The molecule has 2 heterocycles. The van der Waals surface area contributed by atoms with Crippen LogP contribution in [-0.4, -0.2) is 59.9 Å². The number of piperidine rings is 1. The molecule has 1 aromatic rings. The van der Waals surface area contributed by atoms with Crippen molar-refractivity contribution >= 4 is 23.8 Å². The number of hydrogen-bond acceptors (Lipinski definition) is 5. The Balaban J connectivity index is 1.56. The third kappa shape index (κ3) is 4.41. The van der Waals surface area contributed by atoms with Crippen molar-refractivity contribution in [2.75, 3.05) is 26.2 Å². The van der Waals surface area contributed by atoms with Crippen LogP contribution < -0.4 is 5.32 Å². The maximum Gasteiger partial charge on any atom is 0.326 e. The number of nitrogens with one attached hydrogen (secondary N) is 1. The van der Waals surface area contributed by atoms with Crippen molar-refractivity contribution in [2.24, 2.45) is 11.8 Å². The number of amides is 4. The molecule has 0 saturated carbocycles. The van der Waals surface area contributed by atoms with Gasteiger partial charge in [-0.3, -0.25) is 19.3 Å². The van der Waals surface area contributed by atoms with Crippen molar-refractivity contribution in [3.8, 4) is 0 Å². The summed E-state index contributed by atoms with van der Waals surface area (Å²) < 4.78 is 5.06. The van der Waals surface area contributed by atoms with E-state index in [9.17, 15) is 19.2 Å². The van der Waals surface area contributed by atoms with Gasteiger partial charge in [-0.05, 0) is 30.7 Å². The van der Waals surface area contributed by atoms with Crippen LogP contribution in [0, 0.1) is 11.8 Å². The number of likely N-dealkylation sites (tertiary alicyclic amines) is 1. The van der Waals surface area contributed by atoms with Crippen molar-refractivity contribution in [2.45, 2.75) is 32.7 Å². The van der Waals surface area contributed by atoms with Crippen molar-refractivity contribution < 1.29 is 23.9 Å². The number of urea groups is 1. The number of nitrogens with zero attached hydrogens (tertiary/aromatic N) is 2. The second-order valence-electron chi connectivity index (χ2n) is 8.22. The maximum absolute atomic E-state index is 12.8. The number of carbonyl (C=O) groups is 4. The molecule has 156 valence electrons. The van der Waals surface area contributed by atoms with Gasteiger partial charge in [0, 0.05) is 13.1 Å². The number of carbonyl (C=O) groups excluding carboxylic acids is 4. The molecule has 0 aromatic heterocycles. The molecule has 29 heavy (non-hydrogen) atoms. The standard InChI is InChI=1S/C21H27N3O5/c1-14-9-15(2)11-23(10-14)17(25)13-29-18(26)12-24-19(27)21(3,22-20(24)28)16-7-5-4-6-8-16/h4-8,14-15H,9-13H2,1-3H3,(H,22,28)/t14-,15-,21+/m1/s1. The van der Waals surface area contributed by atoms with Crippen molar-refractivity contribution in [3.63, 3.8) is 0 Å². The molecule has 0 radical (unpaired) electrons. The van der Waals surface area contributed by atoms with Crippen LogP contribution in [0.15, 0.2) is 30.3 Å². The third-order valence-electron chi connectivity index (χ3n) is 5.49. The molecule has 8 heteroatoms. The predicted molar refractivity (Wildman–Crippen MR) is 105 cm³/mol. The largest absolute Gasteiger partial charge is 0.454 e. The topological polar surface area (TPSA) is 96.0 Å². The van der Waals surface area contributed by atoms with E-state index in [1.165, 1.54) is 0 Å². The first-order chi connectivity index (χ1) is 13.7. The second-order valence-corrected chi connectivity index (χ2v) is 8.22. The monoisotopic (exact) mass is 401 g/mol. The summed E-state index contributed by atoms with van der Waals surface area (Å²) in [5, 5.41) is 2.63. The Morgan fingerprint density at radius 1 is 1.14 bits per heavy atom. The molecular formula is C21H27N3O5. The van der Waals surface area contributed by atoms with E-state index in [4.69, 9.17) is 4.74 Å². The Hall–Kier alpha value is -2.90. The number of hydrogen-bond donors (Lipinski definition) is 1. The summed E-state index contributed by atoms with van der Waals surface area (Å²) in [5.74, 6) is -0.782. The lowest BCUT2D eigenvalue weighted by molar-refractivity contribution is -0.154. The Morgan fingerprint density at radius 3 is 2.38 bits per heavy atom. The van der Waals surface area contributed by atoms with Crippen LogP contribution in [0.1, 0.15) is 32.8 Å². The molecule has 1 aromatic carbocycles. The van der Waals surface area contributed by atoms with Crippen LogP contribution in [0.3, 0.4) is 0 Å². The fourth-order valence-electron chi connectivity index (χ4n) is 4.08. The lowest BCUT2D eigenvalue weighted by Crippen LogP contribution is -2.45. The third-order valence-corrected chi connectivity index (χ3v) is 5.49. The molecule has 2 aliphatic heterocycles. The van der Waals surface area contributed by atoms with E-state index >= 15 is 0 Å². The molecule has 8 nitrogen and oxygen atoms in total. The number of esters is 1. The molecule has 0 unspecified atom stereocenters. The van der Waals surface area contributed by atoms with E-state index in [2.05, 4.69) is 19.2 Å². The minimum absolute atomic E-state index is 0.261. The molecule has 2 fully saturated rings. The van der Waals surface area contributed by atoms with Gasteiger partial charge in [-0.15, -0.1) is 0 Å². The molecule has 3 atom stereocenters. The normalized spacial score (nSPS) is 27.0. The number of imide groups is 1. The van der Waals surface area contributed by atoms with E-state index in [1.54, 1.807) is 36.1 Å². The molecule has 2 aliphatic rings. The number of ether oxygens (including phenoxy) is 1. The average molecular weight is 401 g/mol. The summed E-state index contributed by atoms with van der Waals surface area (Å²) in [4.78, 5) is 52.1. The summed E-state index contributed by atoms with van der Waals surface area (Å²) in [5.41, 5.74) is -0.619. The van der Waals surface area contributed by atoms with E-state index < -0.39 is 36.6 Å². The highest BCUT2D eigenvalue weighted by Crippen LogP contribution is 2.28. The Bertz CT molecular complexity index is 802. The van der Waals surface area contributed by atoms with Gasteiger partial charge < -0.3 is 15.0 Å². The van der Waals surface area contributed by atoms with Crippen LogP contribution in [0.4, 0.5) is 4.79 Å². The summed E-state index contributed by atoms with van der Waals surface area (Å²) in [6.07, 6.45) is 1.07. The summed E-state index contributed by atoms with van der Waals surface area (Å²) in [6, 6.07) is 8.15. The van der Waals surface area contributed by atoms with Gasteiger partial charge in [0.2, 0.25) is 0 Å². The molecule has 0 aliphatic carbocycles. The lowest BCUT2D eigenvalue weighted by atomic mass is 9.92. The number of rotatable bonds is 5. The molecule has 0 spiro atoms. The molecule has 4 amide bonds. The summed E-state index contributed by atoms with van der Waals surface area (Å²) in [7, 11) is 0. The quantitative estimate of drug-likeness (QED) is 0.596. The Morgan fingerprint density at radius 2 is 1.76 bits per heavy atom. The summed E-state index contributed by atoms with van der Waals surface area (Å²) in [6.45, 7) is 6.13. The fourth-order valence-corrected chi connectivity index (χ4v) is 4.08. The second kappa shape index (κ2) is 8.23. The zero-order chi connectivity index (χ0) is 21.2. The first-order valence-corrected chi connectivity index (χ1v) is 9.83.